The third kappa shape index (κ3) is 2.16. The van der Waals surface area contributed by atoms with E-state index >= 15 is 0 Å². The van der Waals surface area contributed by atoms with Crippen molar-refractivity contribution in [3.63, 3.8) is 0 Å². The number of rotatable bonds is 1. The molecule has 3 rings (SSSR count). The highest BCUT2D eigenvalue weighted by Crippen LogP contribution is 2.41. The van der Waals surface area contributed by atoms with E-state index in [0.29, 0.717) is 6.42 Å². The third-order valence-electron chi connectivity index (χ3n) is 4.92. The van der Waals surface area contributed by atoms with E-state index in [4.69, 9.17) is 5.26 Å². The lowest BCUT2D eigenvalue weighted by Crippen LogP contribution is -2.01. The maximum Gasteiger partial charge on any atom is 0.0669 e. The van der Waals surface area contributed by atoms with Crippen LogP contribution in [0.1, 0.15) is 54.5 Å². The van der Waals surface area contributed by atoms with Gasteiger partial charge in [0.25, 0.3) is 0 Å². The highest BCUT2D eigenvalue weighted by atomic mass is 14.3. The molecule has 1 nitrogen and oxygen atoms in total. The lowest BCUT2D eigenvalue weighted by Gasteiger charge is -2.17. The predicted molar refractivity (Wildman–Crippen MR) is 88.8 cm³/mol. The molecule has 0 amide bonds. The van der Waals surface area contributed by atoms with Crippen LogP contribution in [0.4, 0.5) is 0 Å². The molecular weight excluding hydrogens is 254 g/mol. The quantitative estimate of drug-likeness (QED) is 0.695. The van der Waals surface area contributed by atoms with Crippen molar-refractivity contribution < 1.29 is 0 Å². The fourth-order valence-corrected chi connectivity index (χ4v) is 3.74. The average molecular weight is 275 g/mol. The Kier molecular flexibility index (Phi) is 3.33. The van der Waals surface area contributed by atoms with E-state index in [0.717, 1.165) is 19.3 Å². The molecule has 1 heteroatoms. The van der Waals surface area contributed by atoms with Gasteiger partial charge >= 0.3 is 0 Å². The van der Waals surface area contributed by atoms with Crippen molar-refractivity contribution in [2.75, 3.05) is 0 Å². The number of fused-ring (bicyclic) bond motifs is 2. The molecule has 0 spiro atoms. The lowest BCUT2D eigenvalue weighted by molar-refractivity contribution is 0.953. The van der Waals surface area contributed by atoms with Gasteiger partial charge in [-0.1, -0.05) is 23.8 Å². The predicted octanol–water partition coefficient (Wildman–Crippen LogP) is 5.14. The van der Waals surface area contributed by atoms with Crippen LogP contribution in [0, 0.1) is 18.3 Å². The summed E-state index contributed by atoms with van der Waals surface area (Å²) in [4.78, 5) is 0. The molecule has 0 bridgehead atoms. The Hall–Kier alpha value is -2.07. The molecule has 0 saturated carbocycles. The Morgan fingerprint density at radius 1 is 1.14 bits per heavy atom. The summed E-state index contributed by atoms with van der Waals surface area (Å²) in [5, 5.41) is 9.10. The third-order valence-corrected chi connectivity index (χ3v) is 4.92. The van der Waals surface area contributed by atoms with Gasteiger partial charge in [0.05, 0.1) is 12.5 Å². The van der Waals surface area contributed by atoms with Gasteiger partial charge in [0, 0.05) is 0 Å². The molecule has 2 aliphatic carbocycles. The summed E-state index contributed by atoms with van der Waals surface area (Å²) in [5.41, 5.74) is 12.1. The maximum atomic E-state index is 9.10. The minimum absolute atomic E-state index is 0.520. The Morgan fingerprint density at radius 3 is 2.62 bits per heavy atom. The molecule has 0 N–H and O–H groups in total. The highest BCUT2D eigenvalue weighted by molar-refractivity contribution is 5.83. The van der Waals surface area contributed by atoms with E-state index in [-0.39, 0.29) is 0 Å². The van der Waals surface area contributed by atoms with Crippen LogP contribution < -0.4 is 0 Å². The molecule has 106 valence electrons. The van der Waals surface area contributed by atoms with E-state index in [2.05, 4.69) is 45.6 Å². The van der Waals surface area contributed by atoms with Crippen LogP contribution in [-0.2, 0) is 12.8 Å². The summed E-state index contributed by atoms with van der Waals surface area (Å²) in [6.45, 7) is 10.7. The topological polar surface area (TPSA) is 23.8 Å². The zero-order valence-electron chi connectivity index (χ0n) is 13.1. The van der Waals surface area contributed by atoms with E-state index in [9.17, 15) is 0 Å². The van der Waals surface area contributed by atoms with Crippen LogP contribution in [0.2, 0.25) is 0 Å². The van der Waals surface area contributed by atoms with Gasteiger partial charge in [-0.15, -0.1) is 0 Å². The molecule has 1 aromatic carbocycles. The molecule has 0 aliphatic heterocycles. The van der Waals surface area contributed by atoms with Gasteiger partial charge in [-0.3, -0.25) is 0 Å². The zero-order chi connectivity index (χ0) is 15.1. The molecule has 0 saturated heterocycles. The van der Waals surface area contributed by atoms with Crippen molar-refractivity contribution in [1.29, 1.82) is 5.26 Å². The Morgan fingerprint density at radius 2 is 1.90 bits per heavy atom. The first-order valence-electron chi connectivity index (χ1n) is 7.60. The van der Waals surface area contributed by atoms with Gasteiger partial charge in [0.2, 0.25) is 0 Å². The number of allylic oxidation sites excluding steroid dienone is 5. The SMILES string of the molecule is C=C1C=C(C)c2cc3c(c(C)c2CC1)CC(C)=C3CC#N. The molecule has 0 atom stereocenters. The van der Waals surface area contributed by atoms with E-state index in [1.165, 1.54) is 50.1 Å². The molecule has 0 radical (unpaired) electrons. The molecule has 2 aliphatic rings. The number of benzene rings is 1. The first kappa shape index (κ1) is 13.9. The molecular formula is C20H21N. The average Bonchev–Trinajstić information content (AvgIpc) is 2.66. The standard InChI is InChI=1S/C20H21N/c1-12-5-6-17-15(4)19-10-14(3)16(7-8-21)20(19)11-18(17)13(2)9-12/h9,11H,1,5-7,10H2,2-4H3. The highest BCUT2D eigenvalue weighted by Gasteiger charge is 2.25. The van der Waals surface area contributed by atoms with Crippen LogP contribution >= 0.6 is 0 Å². The zero-order valence-corrected chi connectivity index (χ0v) is 13.1. The summed E-state index contributed by atoms with van der Waals surface area (Å²) in [6.07, 6.45) is 5.87. The van der Waals surface area contributed by atoms with Crippen molar-refractivity contribution in [2.45, 2.75) is 46.5 Å². The van der Waals surface area contributed by atoms with Crippen LogP contribution in [0.3, 0.4) is 0 Å². The largest absolute Gasteiger partial charge is 0.198 e. The smallest absolute Gasteiger partial charge is 0.0669 e. The van der Waals surface area contributed by atoms with E-state index in [1.54, 1.807) is 0 Å². The monoisotopic (exact) mass is 275 g/mol. The van der Waals surface area contributed by atoms with Gasteiger partial charge in [-0.2, -0.15) is 5.26 Å². The molecule has 21 heavy (non-hydrogen) atoms. The molecule has 0 aromatic heterocycles. The first-order chi connectivity index (χ1) is 10.0. The number of hydrogen-bond acceptors (Lipinski definition) is 1. The molecule has 0 heterocycles. The molecule has 0 unspecified atom stereocenters. The summed E-state index contributed by atoms with van der Waals surface area (Å²) in [6, 6.07) is 4.65. The Bertz CT molecular complexity index is 751. The molecule has 1 aromatic rings. The minimum atomic E-state index is 0.520. The summed E-state index contributed by atoms with van der Waals surface area (Å²) in [7, 11) is 0. The number of hydrogen-bond donors (Lipinski definition) is 0. The second kappa shape index (κ2) is 5.04. The van der Waals surface area contributed by atoms with Crippen molar-refractivity contribution in [1.82, 2.24) is 0 Å². The van der Waals surface area contributed by atoms with E-state index in [1.807, 2.05) is 0 Å². The Balaban J connectivity index is 2.23. The van der Waals surface area contributed by atoms with Gasteiger partial charge in [-0.25, -0.2) is 0 Å². The van der Waals surface area contributed by atoms with Crippen LogP contribution in [-0.4, -0.2) is 0 Å². The van der Waals surface area contributed by atoms with Crippen molar-refractivity contribution in [3.05, 3.63) is 57.7 Å². The van der Waals surface area contributed by atoms with Gasteiger partial charge in [0.1, 0.15) is 0 Å². The Labute approximate surface area is 127 Å². The lowest BCUT2D eigenvalue weighted by atomic mass is 9.88. The van der Waals surface area contributed by atoms with Crippen LogP contribution in [0.25, 0.3) is 11.1 Å². The van der Waals surface area contributed by atoms with Gasteiger partial charge in [0.15, 0.2) is 0 Å². The maximum absolute atomic E-state index is 9.10. The number of nitrogens with zero attached hydrogens (tertiary/aromatic N) is 1. The van der Waals surface area contributed by atoms with Crippen molar-refractivity contribution in [3.8, 4) is 6.07 Å². The fraction of sp³-hybridized carbons (Fsp3) is 0.350. The van der Waals surface area contributed by atoms with Crippen LogP contribution in [0.15, 0.2) is 29.9 Å². The normalized spacial score (nSPS) is 17.0. The van der Waals surface area contributed by atoms with Gasteiger partial charge < -0.3 is 0 Å². The first-order valence-corrected chi connectivity index (χ1v) is 7.60. The van der Waals surface area contributed by atoms with Gasteiger partial charge in [-0.05, 0) is 85.1 Å². The van der Waals surface area contributed by atoms with E-state index < -0.39 is 0 Å². The fourth-order valence-electron chi connectivity index (χ4n) is 3.74. The minimum Gasteiger partial charge on any atom is -0.198 e. The summed E-state index contributed by atoms with van der Waals surface area (Å²) in [5.74, 6) is 0. The van der Waals surface area contributed by atoms with Crippen LogP contribution in [0.5, 0.6) is 0 Å². The second-order valence-electron chi connectivity index (χ2n) is 6.31. The summed E-state index contributed by atoms with van der Waals surface area (Å²) >= 11 is 0. The summed E-state index contributed by atoms with van der Waals surface area (Å²) < 4.78 is 0. The van der Waals surface area contributed by atoms with Crippen molar-refractivity contribution >= 4 is 11.1 Å². The molecule has 0 fully saturated rings. The second-order valence-corrected chi connectivity index (χ2v) is 6.31. The van der Waals surface area contributed by atoms with Crippen molar-refractivity contribution in [2.24, 2.45) is 0 Å². The number of nitriles is 1.